The molecule has 1 N–H and O–H groups in total. The van der Waals surface area contributed by atoms with Gasteiger partial charge in [0, 0.05) is 23.7 Å². The molecule has 3 aromatic carbocycles. The number of nitrogens with zero attached hydrogens (tertiary/aromatic N) is 1. The summed E-state index contributed by atoms with van der Waals surface area (Å²) in [7, 11) is -0.536. The van der Waals surface area contributed by atoms with Gasteiger partial charge in [-0.25, -0.2) is 8.42 Å². The second kappa shape index (κ2) is 9.95. The van der Waals surface area contributed by atoms with Gasteiger partial charge in [-0.15, -0.1) is 0 Å². The molecule has 4 rings (SSSR count). The molecule has 0 spiro atoms. The quantitative estimate of drug-likeness (QED) is 0.503. The third-order valence-electron chi connectivity index (χ3n) is 5.74. The average molecular weight is 501 g/mol. The summed E-state index contributed by atoms with van der Waals surface area (Å²) < 4.78 is 38.1. The number of halogens is 1. The number of carbonyl (C=O) groups excluding carboxylic acids is 1. The van der Waals surface area contributed by atoms with E-state index < -0.39 is 10.0 Å². The number of ether oxygens (including phenoxy) is 2. The van der Waals surface area contributed by atoms with E-state index in [4.69, 9.17) is 21.1 Å². The smallest absolute Gasteiger partial charge is 0.264 e. The van der Waals surface area contributed by atoms with E-state index in [-0.39, 0.29) is 10.8 Å². The Labute approximate surface area is 204 Å². The molecule has 0 saturated carbocycles. The first kappa shape index (κ1) is 23.9. The molecule has 0 unspecified atom stereocenters. The Morgan fingerprint density at radius 3 is 2.44 bits per heavy atom. The van der Waals surface area contributed by atoms with E-state index >= 15 is 0 Å². The summed E-state index contributed by atoms with van der Waals surface area (Å²) in [5.41, 5.74) is 2.92. The molecular weight excluding hydrogens is 476 g/mol. The molecule has 178 valence electrons. The molecule has 1 amide bonds. The number of hydrogen-bond acceptors (Lipinski definition) is 5. The Morgan fingerprint density at radius 2 is 1.74 bits per heavy atom. The third kappa shape index (κ3) is 4.83. The predicted octanol–water partition coefficient (Wildman–Crippen LogP) is 4.08. The summed E-state index contributed by atoms with van der Waals surface area (Å²) in [6.07, 6.45) is 1.17. The normalized spacial score (nSPS) is 12.9. The van der Waals surface area contributed by atoms with Gasteiger partial charge in [-0.2, -0.15) is 0 Å². The van der Waals surface area contributed by atoms with Gasteiger partial charge >= 0.3 is 0 Å². The van der Waals surface area contributed by atoms with E-state index in [2.05, 4.69) is 5.32 Å². The van der Waals surface area contributed by atoms with Gasteiger partial charge in [0.05, 0.1) is 24.8 Å². The van der Waals surface area contributed by atoms with Gasteiger partial charge in [0.1, 0.15) is 0 Å². The minimum absolute atomic E-state index is 0.182. The lowest BCUT2D eigenvalue weighted by molar-refractivity contribution is 0.0954. The molecule has 0 atom stereocenters. The fourth-order valence-electron chi connectivity index (χ4n) is 3.95. The molecule has 0 saturated heterocycles. The molecule has 7 nitrogen and oxygen atoms in total. The van der Waals surface area contributed by atoms with Crippen molar-refractivity contribution in [2.24, 2.45) is 0 Å². The van der Waals surface area contributed by atoms with Crippen LogP contribution in [0.3, 0.4) is 0 Å². The van der Waals surface area contributed by atoms with Crippen LogP contribution in [-0.4, -0.2) is 41.6 Å². The van der Waals surface area contributed by atoms with Crippen LogP contribution in [0, 0.1) is 0 Å². The first-order chi connectivity index (χ1) is 16.3. The Bertz CT molecular complexity index is 1310. The van der Waals surface area contributed by atoms with Crippen molar-refractivity contribution in [3.05, 3.63) is 82.4 Å². The number of rotatable bonds is 8. The second-order valence-electron chi connectivity index (χ2n) is 7.82. The first-order valence-electron chi connectivity index (χ1n) is 10.7. The Kier molecular flexibility index (Phi) is 7.00. The van der Waals surface area contributed by atoms with Crippen molar-refractivity contribution < 1.29 is 22.7 Å². The highest BCUT2D eigenvalue weighted by Gasteiger charge is 2.31. The lowest BCUT2D eigenvalue weighted by atomic mass is 10.1. The van der Waals surface area contributed by atoms with E-state index in [0.29, 0.717) is 53.7 Å². The van der Waals surface area contributed by atoms with Crippen LogP contribution in [0.15, 0.2) is 65.6 Å². The van der Waals surface area contributed by atoms with Crippen LogP contribution in [-0.2, 0) is 22.9 Å². The van der Waals surface area contributed by atoms with Crippen molar-refractivity contribution in [2.75, 3.05) is 31.6 Å². The minimum Gasteiger partial charge on any atom is -0.493 e. The molecular formula is C25H25ClN2O5S. The van der Waals surface area contributed by atoms with Crippen molar-refractivity contribution in [1.82, 2.24) is 5.32 Å². The van der Waals surface area contributed by atoms with Crippen molar-refractivity contribution in [2.45, 2.75) is 17.7 Å². The highest BCUT2D eigenvalue weighted by molar-refractivity contribution is 7.92. The van der Waals surface area contributed by atoms with Crippen LogP contribution >= 0.6 is 11.6 Å². The van der Waals surface area contributed by atoms with Gasteiger partial charge in [0.2, 0.25) is 0 Å². The van der Waals surface area contributed by atoms with Crippen LogP contribution in [0.25, 0.3) is 0 Å². The van der Waals surface area contributed by atoms with Gasteiger partial charge in [0.25, 0.3) is 15.9 Å². The molecule has 9 heteroatoms. The standard InChI is InChI=1S/C25H25ClN2O5S/c1-32-23-10-3-17(15-24(23)33-2)11-13-27-25(29)19-4-9-22-18(16-19)12-14-28(22)34(30,31)21-7-5-20(26)6-8-21/h3-10,15-16H,11-14H2,1-2H3,(H,27,29). The number of methoxy groups -OCH3 is 2. The molecule has 0 aromatic heterocycles. The second-order valence-corrected chi connectivity index (χ2v) is 10.1. The zero-order valence-corrected chi connectivity index (χ0v) is 20.4. The summed E-state index contributed by atoms with van der Waals surface area (Å²) in [5, 5.41) is 3.40. The lowest BCUT2D eigenvalue weighted by Crippen LogP contribution is -2.29. The maximum atomic E-state index is 13.1. The summed E-state index contributed by atoms with van der Waals surface area (Å²) in [4.78, 5) is 12.9. The highest BCUT2D eigenvalue weighted by atomic mass is 35.5. The predicted molar refractivity (Wildman–Crippen MR) is 132 cm³/mol. The zero-order chi connectivity index (χ0) is 24.3. The van der Waals surface area contributed by atoms with E-state index in [9.17, 15) is 13.2 Å². The maximum absolute atomic E-state index is 13.1. The zero-order valence-electron chi connectivity index (χ0n) is 18.9. The Hall–Kier alpha value is -3.23. The summed E-state index contributed by atoms with van der Waals surface area (Å²) in [5.74, 6) is 1.09. The molecule has 34 heavy (non-hydrogen) atoms. The largest absolute Gasteiger partial charge is 0.493 e. The van der Waals surface area contributed by atoms with Crippen molar-refractivity contribution >= 4 is 33.2 Å². The fraction of sp³-hybridized carbons (Fsp3) is 0.240. The number of sulfonamides is 1. The van der Waals surface area contributed by atoms with Gasteiger partial charge in [-0.3, -0.25) is 9.10 Å². The number of nitrogens with one attached hydrogen (secondary N) is 1. The SMILES string of the molecule is COc1ccc(CCNC(=O)c2ccc3c(c2)CCN3S(=O)(=O)c2ccc(Cl)cc2)cc1OC. The van der Waals surface area contributed by atoms with E-state index in [0.717, 1.165) is 11.1 Å². The molecule has 0 radical (unpaired) electrons. The van der Waals surface area contributed by atoms with Crippen molar-refractivity contribution in [3.8, 4) is 11.5 Å². The summed E-state index contributed by atoms with van der Waals surface area (Å²) in [6.45, 7) is 0.771. The Balaban J connectivity index is 1.42. The number of amides is 1. The van der Waals surface area contributed by atoms with Crippen LogP contribution in [0.5, 0.6) is 11.5 Å². The molecule has 0 bridgehead atoms. The topological polar surface area (TPSA) is 84.9 Å². The van der Waals surface area contributed by atoms with Gasteiger partial charge in [-0.1, -0.05) is 17.7 Å². The fourth-order valence-corrected chi connectivity index (χ4v) is 5.58. The average Bonchev–Trinajstić information content (AvgIpc) is 3.28. The van der Waals surface area contributed by atoms with Crippen molar-refractivity contribution in [1.29, 1.82) is 0 Å². The number of carbonyl (C=O) groups is 1. The monoisotopic (exact) mass is 500 g/mol. The molecule has 0 aliphatic carbocycles. The van der Waals surface area contributed by atoms with Gasteiger partial charge < -0.3 is 14.8 Å². The van der Waals surface area contributed by atoms with Gasteiger partial charge in [-0.05, 0) is 78.6 Å². The first-order valence-corrected chi connectivity index (χ1v) is 12.6. The molecule has 1 heterocycles. The van der Waals surface area contributed by atoms with Crippen LogP contribution in [0.4, 0.5) is 5.69 Å². The third-order valence-corrected chi connectivity index (χ3v) is 7.82. The minimum atomic E-state index is -3.70. The van der Waals surface area contributed by atoms with Gasteiger partial charge in [0.15, 0.2) is 11.5 Å². The number of hydrogen-bond donors (Lipinski definition) is 1. The van der Waals surface area contributed by atoms with Crippen LogP contribution in [0.1, 0.15) is 21.5 Å². The number of anilines is 1. The highest BCUT2D eigenvalue weighted by Crippen LogP contribution is 2.34. The Morgan fingerprint density at radius 1 is 1.00 bits per heavy atom. The lowest BCUT2D eigenvalue weighted by Gasteiger charge is -2.19. The molecule has 1 aliphatic heterocycles. The van der Waals surface area contributed by atoms with Crippen molar-refractivity contribution in [3.63, 3.8) is 0 Å². The van der Waals surface area contributed by atoms with E-state index in [1.165, 1.54) is 16.4 Å². The maximum Gasteiger partial charge on any atom is 0.264 e. The van der Waals surface area contributed by atoms with Crippen LogP contribution in [0.2, 0.25) is 5.02 Å². The van der Waals surface area contributed by atoms with E-state index in [1.807, 2.05) is 18.2 Å². The van der Waals surface area contributed by atoms with E-state index in [1.54, 1.807) is 44.6 Å². The number of benzene rings is 3. The molecule has 1 aliphatic rings. The molecule has 0 fully saturated rings. The summed E-state index contributed by atoms with van der Waals surface area (Å²) in [6, 6.07) is 16.9. The van der Waals surface area contributed by atoms with Crippen LogP contribution < -0.4 is 19.1 Å². The summed E-state index contributed by atoms with van der Waals surface area (Å²) >= 11 is 5.89. The molecule has 3 aromatic rings. The number of fused-ring (bicyclic) bond motifs is 1.